The first-order valence-corrected chi connectivity index (χ1v) is 8.86. The fraction of sp³-hybridized carbons (Fsp3) is 0.238. The van der Waals surface area contributed by atoms with Crippen LogP contribution < -0.4 is 19.6 Å². The van der Waals surface area contributed by atoms with Gasteiger partial charge in [-0.25, -0.2) is 5.43 Å². The highest BCUT2D eigenvalue weighted by atomic mass is 35.5. The van der Waals surface area contributed by atoms with E-state index in [1.54, 1.807) is 36.4 Å². The van der Waals surface area contributed by atoms with E-state index >= 15 is 0 Å². The maximum absolute atomic E-state index is 12.2. The molecule has 0 bridgehead atoms. The number of terminal acetylenes is 1. The van der Waals surface area contributed by atoms with Crippen molar-refractivity contribution in [3.05, 3.63) is 52.5 Å². The second-order valence-electron chi connectivity index (χ2n) is 5.92. The summed E-state index contributed by atoms with van der Waals surface area (Å²) in [6.07, 6.45) is 6.71. The molecular formula is C21H21ClN2O4. The summed E-state index contributed by atoms with van der Waals surface area (Å²) in [6, 6.07) is 10.1. The Kier molecular flexibility index (Phi) is 7.73. The average molecular weight is 401 g/mol. The smallest absolute Gasteiger partial charge is 0.271 e. The number of methoxy groups -OCH3 is 1. The number of carbonyl (C=O) groups excluding carboxylic acids is 1. The normalized spacial score (nSPS) is 10.6. The van der Waals surface area contributed by atoms with Gasteiger partial charge < -0.3 is 14.2 Å². The van der Waals surface area contributed by atoms with Crippen LogP contribution in [0.5, 0.6) is 17.2 Å². The number of halogens is 1. The van der Waals surface area contributed by atoms with Crippen LogP contribution in [-0.4, -0.2) is 31.9 Å². The zero-order valence-corrected chi connectivity index (χ0v) is 16.6. The quantitative estimate of drug-likeness (QED) is 0.414. The summed E-state index contributed by atoms with van der Waals surface area (Å²) >= 11 is 6.20. The molecule has 0 saturated carbocycles. The Balaban J connectivity index is 2.04. The van der Waals surface area contributed by atoms with Crippen molar-refractivity contribution in [2.45, 2.75) is 20.0 Å². The molecule has 0 atom stereocenters. The van der Waals surface area contributed by atoms with Gasteiger partial charge in [-0.1, -0.05) is 17.5 Å². The highest BCUT2D eigenvalue weighted by Crippen LogP contribution is 2.35. The molecule has 146 valence electrons. The van der Waals surface area contributed by atoms with Gasteiger partial charge in [-0.3, -0.25) is 4.79 Å². The lowest BCUT2D eigenvalue weighted by molar-refractivity contribution is 0.0955. The van der Waals surface area contributed by atoms with Crippen molar-refractivity contribution in [3.8, 4) is 29.6 Å². The molecule has 1 amide bonds. The molecule has 0 saturated heterocycles. The molecule has 0 aliphatic carbocycles. The number of benzene rings is 2. The average Bonchev–Trinajstić information content (AvgIpc) is 2.66. The van der Waals surface area contributed by atoms with Gasteiger partial charge in [-0.15, -0.1) is 6.42 Å². The van der Waals surface area contributed by atoms with Crippen LogP contribution in [0.25, 0.3) is 0 Å². The Morgan fingerprint density at radius 3 is 2.64 bits per heavy atom. The van der Waals surface area contributed by atoms with Crippen molar-refractivity contribution < 1.29 is 19.0 Å². The minimum atomic E-state index is -0.348. The predicted molar refractivity (Wildman–Crippen MR) is 110 cm³/mol. The van der Waals surface area contributed by atoms with Crippen LogP contribution in [0.15, 0.2) is 41.5 Å². The van der Waals surface area contributed by atoms with Gasteiger partial charge in [-0.2, -0.15) is 5.10 Å². The summed E-state index contributed by atoms with van der Waals surface area (Å²) in [5.74, 6) is 3.48. The molecule has 0 aliphatic heterocycles. The first kappa shape index (κ1) is 21.1. The fourth-order valence-electron chi connectivity index (χ4n) is 2.26. The largest absolute Gasteiger partial charge is 0.493 e. The van der Waals surface area contributed by atoms with Gasteiger partial charge in [0.25, 0.3) is 5.91 Å². The summed E-state index contributed by atoms with van der Waals surface area (Å²) in [7, 11) is 1.49. The maximum atomic E-state index is 12.2. The molecule has 6 nitrogen and oxygen atoms in total. The van der Waals surface area contributed by atoms with Gasteiger partial charge in [-0.05, 0) is 55.8 Å². The third-order valence-corrected chi connectivity index (χ3v) is 3.70. The van der Waals surface area contributed by atoms with Crippen LogP contribution in [0.3, 0.4) is 0 Å². The van der Waals surface area contributed by atoms with Crippen LogP contribution in [0.4, 0.5) is 0 Å². The first-order valence-electron chi connectivity index (χ1n) is 8.48. The van der Waals surface area contributed by atoms with E-state index in [0.29, 0.717) is 33.4 Å². The number of carbonyl (C=O) groups is 1. The molecule has 0 unspecified atom stereocenters. The van der Waals surface area contributed by atoms with Gasteiger partial charge >= 0.3 is 0 Å². The third-order valence-electron chi connectivity index (χ3n) is 3.42. The summed E-state index contributed by atoms with van der Waals surface area (Å²) in [5.41, 5.74) is 3.54. The standard InChI is InChI=1S/C21H21ClN2O4/c1-5-10-27-20-18(22)11-15(12-19(20)26-4)13-23-24-21(25)16-6-8-17(9-7-16)28-14(2)3/h1,6-9,11-14H,10H2,2-4H3,(H,24,25)/b23-13-. The Hall–Kier alpha value is -3.17. The molecular weight excluding hydrogens is 380 g/mol. The second kappa shape index (κ2) is 10.2. The second-order valence-corrected chi connectivity index (χ2v) is 6.32. The lowest BCUT2D eigenvalue weighted by Crippen LogP contribution is -2.17. The van der Waals surface area contributed by atoms with Gasteiger partial charge in [0.15, 0.2) is 11.5 Å². The number of nitrogens with one attached hydrogen (secondary N) is 1. The number of hydrogen-bond donors (Lipinski definition) is 1. The van der Waals surface area contributed by atoms with Crippen LogP contribution in [0.2, 0.25) is 5.02 Å². The minimum absolute atomic E-state index is 0.0662. The molecule has 1 N–H and O–H groups in total. The Morgan fingerprint density at radius 2 is 2.04 bits per heavy atom. The van der Waals surface area contributed by atoms with E-state index in [-0.39, 0.29) is 18.6 Å². The highest BCUT2D eigenvalue weighted by Gasteiger charge is 2.11. The summed E-state index contributed by atoms with van der Waals surface area (Å²) in [4.78, 5) is 12.2. The van der Waals surface area contributed by atoms with Gasteiger partial charge in [0.05, 0.1) is 24.5 Å². The number of ether oxygens (including phenoxy) is 3. The molecule has 0 aromatic heterocycles. The van der Waals surface area contributed by atoms with E-state index in [1.807, 2.05) is 13.8 Å². The van der Waals surface area contributed by atoms with E-state index in [1.165, 1.54) is 13.3 Å². The molecule has 0 fully saturated rings. The predicted octanol–water partition coefficient (Wildman–Crippen LogP) is 3.91. The number of amides is 1. The third kappa shape index (κ3) is 5.93. The minimum Gasteiger partial charge on any atom is -0.493 e. The molecule has 7 heteroatoms. The summed E-state index contributed by atoms with van der Waals surface area (Å²) < 4.78 is 16.2. The zero-order chi connectivity index (χ0) is 20.5. The molecule has 0 radical (unpaired) electrons. The fourth-order valence-corrected chi connectivity index (χ4v) is 2.53. The number of hydrogen-bond acceptors (Lipinski definition) is 5. The lowest BCUT2D eigenvalue weighted by atomic mass is 10.2. The van der Waals surface area contributed by atoms with Crippen LogP contribution in [-0.2, 0) is 0 Å². The molecule has 2 rings (SSSR count). The molecule has 2 aromatic rings. The molecule has 0 heterocycles. The van der Waals surface area contributed by atoms with Gasteiger partial charge in [0.2, 0.25) is 0 Å². The number of rotatable bonds is 8. The topological polar surface area (TPSA) is 69.2 Å². The van der Waals surface area contributed by atoms with Crippen molar-refractivity contribution in [2.24, 2.45) is 5.10 Å². The van der Waals surface area contributed by atoms with Gasteiger partial charge in [0.1, 0.15) is 12.4 Å². The van der Waals surface area contributed by atoms with Crippen molar-refractivity contribution in [2.75, 3.05) is 13.7 Å². The van der Waals surface area contributed by atoms with Crippen molar-refractivity contribution in [1.29, 1.82) is 0 Å². The lowest BCUT2D eigenvalue weighted by Gasteiger charge is -2.11. The number of nitrogens with zero attached hydrogens (tertiary/aromatic N) is 1. The molecule has 0 aliphatic rings. The van der Waals surface area contributed by atoms with E-state index in [0.717, 1.165) is 0 Å². The number of hydrazone groups is 1. The van der Waals surface area contributed by atoms with Crippen molar-refractivity contribution in [1.82, 2.24) is 5.43 Å². The Labute approximate surface area is 169 Å². The van der Waals surface area contributed by atoms with Crippen molar-refractivity contribution in [3.63, 3.8) is 0 Å². The highest BCUT2D eigenvalue weighted by molar-refractivity contribution is 6.32. The SMILES string of the molecule is C#CCOc1c(Cl)cc(/C=N\NC(=O)c2ccc(OC(C)C)cc2)cc1OC. The Bertz CT molecular complexity index is 887. The van der Waals surface area contributed by atoms with E-state index in [4.69, 9.17) is 32.2 Å². The van der Waals surface area contributed by atoms with E-state index < -0.39 is 0 Å². The van der Waals surface area contributed by atoms with E-state index in [9.17, 15) is 4.79 Å². The van der Waals surface area contributed by atoms with Crippen LogP contribution in [0.1, 0.15) is 29.8 Å². The van der Waals surface area contributed by atoms with E-state index in [2.05, 4.69) is 16.4 Å². The molecule has 28 heavy (non-hydrogen) atoms. The van der Waals surface area contributed by atoms with Gasteiger partial charge in [0, 0.05) is 5.56 Å². The Morgan fingerprint density at radius 1 is 1.32 bits per heavy atom. The summed E-state index contributed by atoms with van der Waals surface area (Å²) in [6.45, 7) is 3.94. The first-order chi connectivity index (χ1) is 13.4. The molecule has 0 spiro atoms. The summed E-state index contributed by atoms with van der Waals surface area (Å²) in [5, 5.41) is 4.28. The zero-order valence-electron chi connectivity index (χ0n) is 15.9. The van der Waals surface area contributed by atoms with Crippen LogP contribution >= 0.6 is 11.6 Å². The van der Waals surface area contributed by atoms with Crippen molar-refractivity contribution >= 4 is 23.7 Å². The van der Waals surface area contributed by atoms with Crippen LogP contribution in [0, 0.1) is 12.3 Å². The monoisotopic (exact) mass is 400 g/mol. The molecule has 2 aromatic carbocycles. The maximum Gasteiger partial charge on any atom is 0.271 e.